The van der Waals surface area contributed by atoms with Crippen molar-refractivity contribution in [2.45, 2.75) is 64.4 Å². The van der Waals surface area contributed by atoms with Gasteiger partial charge < -0.3 is 34.5 Å². The fourth-order valence-electron chi connectivity index (χ4n) is 10.2. The molecule has 77 heavy (non-hydrogen) atoms. The summed E-state index contributed by atoms with van der Waals surface area (Å²) >= 11 is 1.57. The second kappa shape index (κ2) is 22.4. The van der Waals surface area contributed by atoms with E-state index in [1.54, 1.807) is 29.7 Å². The minimum Gasteiger partial charge on any atom is -0.474 e. The van der Waals surface area contributed by atoms with E-state index < -0.39 is 69.7 Å². The van der Waals surface area contributed by atoms with Crippen molar-refractivity contribution in [1.82, 2.24) is 39.5 Å². The smallest absolute Gasteiger partial charge is 0.301 e. The molecule has 7 aromatic rings. The summed E-state index contributed by atoms with van der Waals surface area (Å²) < 4.78 is 85.0. The zero-order valence-electron chi connectivity index (χ0n) is 42.4. The predicted octanol–water partition coefficient (Wildman–Crippen LogP) is 7.08. The predicted molar refractivity (Wildman–Crippen MR) is 283 cm³/mol. The van der Waals surface area contributed by atoms with Gasteiger partial charge in [0.2, 0.25) is 17.6 Å². The van der Waals surface area contributed by atoms with Gasteiger partial charge in [-0.3, -0.25) is 24.0 Å². The van der Waals surface area contributed by atoms with Crippen LogP contribution in [0.25, 0.3) is 32.6 Å². The van der Waals surface area contributed by atoms with Crippen LogP contribution in [0.1, 0.15) is 65.5 Å². The molecule has 4 aromatic heterocycles. The first-order valence-corrected chi connectivity index (χ1v) is 27.7. The number of rotatable bonds is 18. The molecule has 7 heterocycles. The summed E-state index contributed by atoms with van der Waals surface area (Å²) in [6.45, 7) is 9.46. The maximum atomic E-state index is 15.8. The molecule has 0 spiro atoms. The number of benzene rings is 3. The molecule has 18 nitrogen and oxygen atoms in total. The molecule has 4 atom stereocenters. The van der Waals surface area contributed by atoms with Crippen molar-refractivity contribution in [2.75, 3.05) is 68.6 Å². The number of alkyl halides is 1. The van der Waals surface area contributed by atoms with Crippen molar-refractivity contribution in [2.24, 2.45) is 5.92 Å². The van der Waals surface area contributed by atoms with Gasteiger partial charge in [0.15, 0.2) is 11.6 Å². The summed E-state index contributed by atoms with van der Waals surface area (Å²) in [4.78, 5) is 60.2. The van der Waals surface area contributed by atoms with Crippen LogP contribution in [0.2, 0.25) is 0 Å². The van der Waals surface area contributed by atoms with Gasteiger partial charge in [-0.2, -0.15) is 12.7 Å². The van der Waals surface area contributed by atoms with Crippen LogP contribution >= 0.6 is 11.3 Å². The molecule has 10 rings (SSSR count). The summed E-state index contributed by atoms with van der Waals surface area (Å²) in [6, 6.07) is 19.8. The van der Waals surface area contributed by atoms with Crippen LogP contribution in [0.5, 0.6) is 5.88 Å². The van der Waals surface area contributed by atoms with Crippen LogP contribution in [0.15, 0.2) is 95.2 Å². The first-order valence-electron chi connectivity index (χ1n) is 25.4. The van der Waals surface area contributed by atoms with Gasteiger partial charge in [-0.05, 0) is 71.4 Å². The Morgan fingerprint density at radius 1 is 0.948 bits per heavy atom. The first kappa shape index (κ1) is 53.2. The number of ketones is 1. The van der Waals surface area contributed by atoms with E-state index in [0.717, 1.165) is 75.6 Å². The number of thiazole rings is 1. The fourth-order valence-corrected chi connectivity index (χ4v) is 12.3. The normalized spacial score (nSPS) is 18.8. The van der Waals surface area contributed by atoms with E-state index in [1.807, 2.05) is 79.5 Å². The lowest BCUT2D eigenvalue weighted by Crippen LogP contribution is -2.48. The number of H-pyrrole nitrogens is 1. The number of β-amino-alcohol motifs (C(OH)–C–C–N with tert-alkyl or cyclic N) is 1. The van der Waals surface area contributed by atoms with Gasteiger partial charge >= 0.3 is 10.2 Å². The van der Waals surface area contributed by atoms with Crippen molar-refractivity contribution < 1.29 is 50.3 Å². The van der Waals surface area contributed by atoms with E-state index in [9.17, 15) is 32.3 Å². The number of hydrogen-bond donors (Lipinski definition) is 4. The van der Waals surface area contributed by atoms with Crippen LogP contribution in [-0.4, -0.2) is 143 Å². The molecule has 3 aliphatic heterocycles. The Morgan fingerprint density at radius 3 is 2.40 bits per heavy atom. The van der Waals surface area contributed by atoms with Crippen molar-refractivity contribution in [1.29, 1.82) is 0 Å². The average molecular weight is 1100 g/mol. The Labute approximate surface area is 446 Å². The summed E-state index contributed by atoms with van der Waals surface area (Å²) in [6.07, 6.45) is 0.814. The van der Waals surface area contributed by atoms with Crippen LogP contribution in [-0.2, 0) is 26.3 Å². The van der Waals surface area contributed by atoms with E-state index in [1.165, 1.54) is 11.1 Å². The van der Waals surface area contributed by atoms with E-state index in [-0.39, 0.29) is 61.7 Å². The number of nitrogens with one attached hydrogen (secondary N) is 3. The number of amides is 2. The highest BCUT2D eigenvalue weighted by Crippen LogP contribution is 2.35. The zero-order chi connectivity index (χ0) is 54.1. The molecule has 4 N–H and O–H groups in total. The molecule has 0 aliphatic carbocycles. The molecule has 2 amide bonds. The number of aliphatic hydroxyl groups is 1. The maximum Gasteiger partial charge on any atom is 0.301 e. The SMILES string of the molecule is Cc1ncsc1-c1ccc(CNC(=O)[C@@H]2C[C@@H](O)CN2C(=O)[C@H](c2cc(OCCN3CCN(c4ccc(-c5cnc6[nH]cc(C(=O)c7c(F)ccc(NS(=O)(=O)N8CC[C@@H](F)C8)c7F)c6c5)cc4)CC3)no2)C(C)C)cc1. The number of carbonyl (C=O) groups is 3. The fraction of sp³-hybridized carbons (Fsp3) is 0.370. The summed E-state index contributed by atoms with van der Waals surface area (Å²) in [5.41, 5.74) is 5.77. The third kappa shape index (κ3) is 11.4. The number of aliphatic hydroxyl groups excluding tert-OH is 1. The number of hydrogen-bond acceptors (Lipinski definition) is 14. The number of carbonyl (C=O) groups excluding carboxylic acids is 3. The molecular weight excluding hydrogens is 1040 g/mol. The average Bonchev–Trinajstić information content (AvgIpc) is 4.32. The van der Waals surface area contributed by atoms with Gasteiger partial charge in [-0.15, -0.1) is 11.3 Å². The van der Waals surface area contributed by atoms with E-state index in [0.29, 0.717) is 35.5 Å². The lowest BCUT2D eigenvalue weighted by molar-refractivity contribution is -0.141. The highest BCUT2D eigenvalue weighted by molar-refractivity contribution is 7.90. The lowest BCUT2D eigenvalue weighted by atomic mass is 9.91. The summed E-state index contributed by atoms with van der Waals surface area (Å²) in [7, 11) is -4.38. The molecule has 0 saturated carbocycles. The molecule has 0 unspecified atom stereocenters. The number of fused-ring (bicyclic) bond motifs is 1. The number of nitrogens with zero attached hydrogens (tertiary/aromatic N) is 7. The number of pyridine rings is 1. The quantitative estimate of drug-likeness (QED) is 0.0633. The first-order chi connectivity index (χ1) is 37.0. The second-order valence-corrected chi connectivity index (χ2v) is 22.4. The molecule has 0 bridgehead atoms. The van der Waals surface area contributed by atoms with Gasteiger partial charge in [0.25, 0.3) is 5.88 Å². The Kier molecular flexibility index (Phi) is 15.5. The number of halogens is 3. The number of piperazine rings is 1. The third-order valence-electron chi connectivity index (χ3n) is 14.4. The monoisotopic (exact) mass is 1090 g/mol. The van der Waals surface area contributed by atoms with Crippen molar-refractivity contribution in [3.05, 3.63) is 130 Å². The van der Waals surface area contributed by atoms with Gasteiger partial charge in [-0.25, -0.2) is 23.1 Å². The molecule has 23 heteroatoms. The number of ether oxygens (including phenoxy) is 1. The van der Waals surface area contributed by atoms with Crippen molar-refractivity contribution >= 4 is 61.6 Å². The number of likely N-dealkylation sites (tertiary alicyclic amines) is 1. The van der Waals surface area contributed by atoms with Crippen molar-refractivity contribution in [3.63, 3.8) is 0 Å². The number of anilines is 2. The topological polar surface area (TPSA) is 219 Å². The van der Waals surface area contributed by atoms with E-state index >= 15 is 8.78 Å². The van der Waals surface area contributed by atoms with Crippen LogP contribution in [0.4, 0.5) is 24.5 Å². The Bertz CT molecular complexity index is 3400. The van der Waals surface area contributed by atoms with Gasteiger partial charge in [0.1, 0.15) is 36.2 Å². The minimum absolute atomic E-state index is 0.00843. The standard InChI is InChI=1S/C54H57F3N10O8S2/c1-31(2)47(54(71)67-29-39(68)23-44(67)53(70)60-25-33-4-6-35(7-5-33)51-32(3)61-30-76-51)45-24-46(62-75-45)74-21-20-64-16-18-65(19-17-64)38-10-8-34(9-11-38)36-22-40-41(27-59-52(40)58-26-36)50(69)48-42(56)12-13-43(49(48)57)63-77(72,73)66-15-14-37(55)28-66/h4-13,22,24,26-27,30-31,37,39,44,47,63,68H,14-21,23,25,28-29H2,1-3H3,(H,58,59)(H,60,70)/t37-,39-,44+,47+/m1/s1. The largest absolute Gasteiger partial charge is 0.474 e. The number of aryl methyl sites for hydroxylation is 1. The molecule has 404 valence electrons. The van der Waals surface area contributed by atoms with Crippen LogP contribution in [0, 0.1) is 24.5 Å². The molecule has 3 fully saturated rings. The van der Waals surface area contributed by atoms with Gasteiger partial charge in [-0.1, -0.05) is 50.2 Å². The Hall–Kier alpha value is -7.18. The Morgan fingerprint density at radius 2 is 1.70 bits per heavy atom. The number of aromatic nitrogens is 4. The zero-order valence-corrected chi connectivity index (χ0v) is 44.1. The van der Waals surface area contributed by atoms with E-state index in [4.69, 9.17) is 9.26 Å². The van der Waals surface area contributed by atoms with Crippen LogP contribution in [0.3, 0.4) is 0 Å². The number of aromatic amines is 1. The lowest BCUT2D eigenvalue weighted by Gasteiger charge is -2.36. The van der Waals surface area contributed by atoms with Crippen molar-refractivity contribution in [3.8, 4) is 27.4 Å². The highest BCUT2D eigenvalue weighted by Gasteiger charge is 2.43. The maximum absolute atomic E-state index is 15.8. The van der Waals surface area contributed by atoms with Gasteiger partial charge in [0.05, 0.1) is 33.4 Å². The molecule has 3 saturated heterocycles. The molecule has 0 radical (unpaired) electrons. The van der Waals surface area contributed by atoms with Crippen LogP contribution < -0.4 is 19.7 Å². The highest BCUT2D eigenvalue weighted by atomic mass is 32.2. The van der Waals surface area contributed by atoms with E-state index in [2.05, 4.69) is 35.2 Å². The molecule has 3 aliphatic rings. The van der Waals surface area contributed by atoms with Gasteiger partial charge in [0, 0.05) is 106 Å². The molecule has 3 aromatic carbocycles. The molecular formula is C54H57F3N10O8S2. The Balaban J connectivity index is 0.706. The minimum atomic E-state index is -4.38. The summed E-state index contributed by atoms with van der Waals surface area (Å²) in [5.74, 6) is -4.72. The second-order valence-electron chi connectivity index (χ2n) is 19.9. The summed E-state index contributed by atoms with van der Waals surface area (Å²) in [5, 5.41) is 18.0. The third-order valence-corrected chi connectivity index (χ3v) is 16.9.